The zero-order valence-corrected chi connectivity index (χ0v) is 13.7. The first kappa shape index (κ1) is 16.3. The summed E-state index contributed by atoms with van der Waals surface area (Å²) in [6.45, 7) is 4.97. The van der Waals surface area contributed by atoms with Crippen LogP contribution in [-0.2, 0) is 6.42 Å². The van der Waals surface area contributed by atoms with Crippen molar-refractivity contribution >= 4 is 23.2 Å². The van der Waals surface area contributed by atoms with Crippen LogP contribution in [0.4, 0.5) is 0 Å². The summed E-state index contributed by atoms with van der Waals surface area (Å²) < 4.78 is 5.31. The predicted molar refractivity (Wildman–Crippen MR) is 85.5 cm³/mol. The standard InChI is InChI=1S/C15H19Cl2N3O/c1-9(2)5-10(8-18)6-14-19-15(20-21-14)11-3-4-12(16)13(17)7-11/h3-4,7,9-10H,5-6,8,18H2,1-2H3/t10-/m0/s1. The lowest BCUT2D eigenvalue weighted by Crippen LogP contribution is -2.19. The van der Waals surface area contributed by atoms with E-state index in [0.717, 1.165) is 12.0 Å². The molecule has 6 heteroatoms. The average Bonchev–Trinajstić information content (AvgIpc) is 2.89. The summed E-state index contributed by atoms with van der Waals surface area (Å²) in [5.41, 5.74) is 6.59. The Morgan fingerprint density at radius 2 is 2.00 bits per heavy atom. The topological polar surface area (TPSA) is 64.9 Å². The fraction of sp³-hybridized carbons (Fsp3) is 0.467. The molecule has 4 nitrogen and oxygen atoms in total. The third kappa shape index (κ3) is 4.43. The molecule has 0 radical (unpaired) electrons. The first-order valence-corrected chi connectivity index (χ1v) is 7.73. The molecule has 0 saturated heterocycles. The maximum Gasteiger partial charge on any atom is 0.227 e. The van der Waals surface area contributed by atoms with Crippen molar-refractivity contribution in [1.82, 2.24) is 10.1 Å². The molecule has 0 unspecified atom stereocenters. The second-order valence-electron chi connectivity index (χ2n) is 5.58. The van der Waals surface area contributed by atoms with Crippen molar-refractivity contribution in [2.45, 2.75) is 26.7 Å². The van der Waals surface area contributed by atoms with E-state index in [0.29, 0.717) is 46.6 Å². The zero-order valence-electron chi connectivity index (χ0n) is 12.1. The molecule has 0 saturated carbocycles. The van der Waals surface area contributed by atoms with E-state index >= 15 is 0 Å². The van der Waals surface area contributed by atoms with E-state index in [4.69, 9.17) is 33.5 Å². The lowest BCUT2D eigenvalue weighted by atomic mass is 9.94. The fourth-order valence-corrected chi connectivity index (χ4v) is 2.56. The van der Waals surface area contributed by atoms with Crippen molar-refractivity contribution in [3.05, 3.63) is 34.1 Å². The van der Waals surface area contributed by atoms with Crippen LogP contribution in [0.3, 0.4) is 0 Å². The molecular weight excluding hydrogens is 309 g/mol. The zero-order chi connectivity index (χ0) is 15.4. The Bertz CT molecular complexity index is 598. The Labute approximate surface area is 134 Å². The molecule has 0 amide bonds. The van der Waals surface area contributed by atoms with Gasteiger partial charge in [0.1, 0.15) is 0 Å². The highest BCUT2D eigenvalue weighted by Crippen LogP contribution is 2.27. The van der Waals surface area contributed by atoms with Crippen molar-refractivity contribution in [2.75, 3.05) is 6.54 Å². The van der Waals surface area contributed by atoms with Crippen LogP contribution in [-0.4, -0.2) is 16.7 Å². The van der Waals surface area contributed by atoms with Gasteiger partial charge in [-0.05, 0) is 43.0 Å². The largest absolute Gasteiger partial charge is 0.339 e. The molecule has 21 heavy (non-hydrogen) atoms. The lowest BCUT2D eigenvalue weighted by molar-refractivity contribution is 0.332. The van der Waals surface area contributed by atoms with E-state index < -0.39 is 0 Å². The van der Waals surface area contributed by atoms with Crippen molar-refractivity contribution in [1.29, 1.82) is 0 Å². The first-order chi connectivity index (χ1) is 9.99. The Kier molecular flexibility index (Phi) is 5.62. The highest BCUT2D eigenvalue weighted by atomic mass is 35.5. The number of nitrogens with zero attached hydrogens (tertiary/aromatic N) is 2. The Morgan fingerprint density at radius 1 is 1.24 bits per heavy atom. The van der Waals surface area contributed by atoms with Gasteiger partial charge in [-0.15, -0.1) is 0 Å². The van der Waals surface area contributed by atoms with Gasteiger partial charge in [0.25, 0.3) is 0 Å². The van der Waals surface area contributed by atoms with Crippen LogP contribution < -0.4 is 5.73 Å². The van der Waals surface area contributed by atoms with E-state index in [1.54, 1.807) is 12.1 Å². The predicted octanol–water partition coefficient (Wildman–Crippen LogP) is 4.21. The molecule has 0 aliphatic rings. The van der Waals surface area contributed by atoms with Gasteiger partial charge in [-0.3, -0.25) is 0 Å². The minimum atomic E-state index is 0.354. The molecule has 0 spiro atoms. The van der Waals surface area contributed by atoms with E-state index in [-0.39, 0.29) is 0 Å². The minimum Gasteiger partial charge on any atom is -0.339 e. The third-order valence-electron chi connectivity index (χ3n) is 3.25. The molecule has 0 fully saturated rings. The van der Waals surface area contributed by atoms with Crippen LogP contribution in [0.2, 0.25) is 10.0 Å². The van der Waals surface area contributed by atoms with E-state index in [2.05, 4.69) is 24.0 Å². The second-order valence-corrected chi connectivity index (χ2v) is 6.39. The van der Waals surface area contributed by atoms with Gasteiger partial charge in [0.2, 0.25) is 11.7 Å². The summed E-state index contributed by atoms with van der Waals surface area (Å²) in [4.78, 5) is 4.41. The number of nitrogens with two attached hydrogens (primary N) is 1. The number of aromatic nitrogens is 2. The molecule has 1 aromatic carbocycles. The van der Waals surface area contributed by atoms with Gasteiger partial charge >= 0.3 is 0 Å². The van der Waals surface area contributed by atoms with Gasteiger partial charge in [-0.25, -0.2) is 0 Å². The second kappa shape index (κ2) is 7.25. The van der Waals surface area contributed by atoms with Crippen molar-refractivity contribution in [3.8, 4) is 11.4 Å². The number of hydrogen-bond donors (Lipinski definition) is 1. The van der Waals surface area contributed by atoms with E-state index in [1.807, 2.05) is 6.07 Å². The summed E-state index contributed by atoms with van der Waals surface area (Å²) in [5, 5.41) is 4.97. The first-order valence-electron chi connectivity index (χ1n) is 6.97. The molecule has 0 bridgehead atoms. The molecular formula is C15H19Cl2N3O. The summed E-state index contributed by atoms with van der Waals surface area (Å²) >= 11 is 11.9. The van der Waals surface area contributed by atoms with E-state index in [9.17, 15) is 0 Å². The highest BCUT2D eigenvalue weighted by molar-refractivity contribution is 6.42. The van der Waals surface area contributed by atoms with E-state index in [1.165, 1.54) is 0 Å². The van der Waals surface area contributed by atoms with Crippen LogP contribution in [0.1, 0.15) is 26.2 Å². The van der Waals surface area contributed by atoms with Crippen LogP contribution in [0, 0.1) is 11.8 Å². The van der Waals surface area contributed by atoms with Gasteiger partial charge in [0.05, 0.1) is 10.0 Å². The lowest BCUT2D eigenvalue weighted by Gasteiger charge is -2.14. The SMILES string of the molecule is CC(C)C[C@H](CN)Cc1nc(-c2ccc(Cl)c(Cl)c2)no1. The van der Waals surface area contributed by atoms with Gasteiger partial charge in [0.15, 0.2) is 0 Å². The minimum absolute atomic E-state index is 0.354. The maximum absolute atomic E-state index is 6.00. The van der Waals surface area contributed by atoms with Gasteiger partial charge in [0, 0.05) is 12.0 Å². The maximum atomic E-state index is 6.00. The van der Waals surface area contributed by atoms with Crippen LogP contribution >= 0.6 is 23.2 Å². The van der Waals surface area contributed by atoms with Crippen molar-refractivity contribution in [3.63, 3.8) is 0 Å². The van der Waals surface area contributed by atoms with Crippen LogP contribution in [0.25, 0.3) is 11.4 Å². The summed E-state index contributed by atoms with van der Waals surface area (Å²) in [6.07, 6.45) is 1.74. The molecule has 2 aromatic rings. The summed E-state index contributed by atoms with van der Waals surface area (Å²) in [5.74, 6) is 2.07. The van der Waals surface area contributed by atoms with Gasteiger partial charge in [-0.1, -0.05) is 42.2 Å². The number of halogens is 2. The van der Waals surface area contributed by atoms with Crippen molar-refractivity contribution in [2.24, 2.45) is 17.6 Å². The highest BCUT2D eigenvalue weighted by Gasteiger charge is 2.16. The van der Waals surface area contributed by atoms with Crippen LogP contribution in [0.15, 0.2) is 22.7 Å². The number of benzene rings is 1. The molecule has 1 aromatic heterocycles. The average molecular weight is 328 g/mol. The molecule has 1 heterocycles. The van der Waals surface area contributed by atoms with Gasteiger partial charge in [-0.2, -0.15) is 4.98 Å². The molecule has 0 aliphatic heterocycles. The Hall–Kier alpha value is -1.10. The molecule has 114 valence electrons. The van der Waals surface area contributed by atoms with Crippen molar-refractivity contribution < 1.29 is 4.52 Å². The smallest absolute Gasteiger partial charge is 0.227 e. The quantitative estimate of drug-likeness (QED) is 0.863. The molecule has 2 N–H and O–H groups in total. The number of hydrogen-bond acceptors (Lipinski definition) is 4. The number of rotatable bonds is 6. The summed E-state index contributed by atoms with van der Waals surface area (Å²) in [7, 11) is 0. The Balaban J connectivity index is 2.11. The Morgan fingerprint density at radius 3 is 2.62 bits per heavy atom. The van der Waals surface area contributed by atoms with Crippen LogP contribution in [0.5, 0.6) is 0 Å². The molecule has 1 atom stereocenters. The summed E-state index contributed by atoms with van der Waals surface area (Å²) in [6, 6.07) is 5.27. The molecule has 0 aliphatic carbocycles. The fourth-order valence-electron chi connectivity index (χ4n) is 2.27. The third-order valence-corrected chi connectivity index (χ3v) is 3.99. The van der Waals surface area contributed by atoms with Gasteiger partial charge < -0.3 is 10.3 Å². The molecule has 2 rings (SSSR count). The monoisotopic (exact) mass is 327 g/mol. The normalized spacial score (nSPS) is 12.9.